The maximum atomic E-state index is 11.8. The van der Waals surface area contributed by atoms with Crippen LogP contribution in [0.1, 0.15) is 52.4 Å². The van der Waals surface area contributed by atoms with Crippen molar-refractivity contribution in [3.8, 4) is 0 Å². The molecule has 16 heavy (non-hydrogen) atoms. The van der Waals surface area contributed by atoms with Gasteiger partial charge in [0.25, 0.3) is 0 Å². The van der Waals surface area contributed by atoms with Crippen LogP contribution in [-0.2, 0) is 4.79 Å². The van der Waals surface area contributed by atoms with Gasteiger partial charge in [0.1, 0.15) is 0 Å². The van der Waals surface area contributed by atoms with E-state index >= 15 is 0 Å². The summed E-state index contributed by atoms with van der Waals surface area (Å²) in [4.78, 5) is 13.9. The van der Waals surface area contributed by atoms with Crippen LogP contribution in [0.15, 0.2) is 0 Å². The Morgan fingerprint density at radius 3 is 2.75 bits per heavy atom. The number of amides is 1. The van der Waals surface area contributed by atoms with E-state index in [2.05, 4.69) is 24.1 Å². The second kappa shape index (κ2) is 7.66. The van der Waals surface area contributed by atoms with Crippen LogP contribution in [0.2, 0.25) is 0 Å². The minimum absolute atomic E-state index is 0.365. The topological polar surface area (TPSA) is 32.3 Å². The zero-order valence-electron chi connectivity index (χ0n) is 10.8. The third-order valence-corrected chi connectivity index (χ3v) is 3.08. The molecule has 0 aromatic rings. The molecule has 1 N–H and O–H groups in total. The third kappa shape index (κ3) is 5.50. The van der Waals surface area contributed by atoms with Gasteiger partial charge in [-0.05, 0) is 25.8 Å². The van der Waals surface area contributed by atoms with Crippen molar-refractivity contribution >= 4 is 5.91 Å². The maximum absolute atomic E-state index is 11.8. The average molecular weight is 226 g/mol. The lowest BCUT2D eigenvalue weighted by Gasteiger charge is -2.25. The van der Waals surface area contributed by atoms with Gasteiger partial charge in [-0.15, -0.1) is 0 Å². The molecular formula is C13H26N2O. The Hall–Kier alpha value is -0.570. The highest BCUT2D eigenvalue weighted by Gasteiger charge is 2.14. The molecule has 0 unspecified atom stereocenters. The molecule has 0 saturated carbocycles. The first-order valence-electron chi connectivity index (χ1n) is 6.71. The van der Waals surface area contributed by atoms with E-state index in [0.717, 1.165) is 38.9 Å². The van der Waals surface area contributed by atoms with Gasteiger partial charge in [0.2, 0.25) is 5.91 Å². The van der Waals surface area contributed by atoms with Crippen LogP contribution in [0.3, 0.4) is 0 Å². The van der Waals surface area contributed by atoms with E-state index in [1.807, 2.05) is 0 Å². The Morgan fingerprint density at radius 2 is 2.00 bits per heavy atom. The largest absolute Gasteiger partial charge is 0.343 e. The molecule has 94 valence electrons. The molecule has 0 spiro atoms. The summed E-state index contributed by atoms with van der Waals surface area (Å²) in [5, 5.41) is 3.39. The number of hydrogen-bond donors (Lipinski definition) is 1. The Labute approximate surface area is 99.6 Å². The summed E-state index contributed by atoms with van der Waals surface area (Å²) >= 11 is 0. The molecule has 0 aromatic carbocycles. The molecule has 3 nitrogen and oxygen atoms in total. The molecule has 1 fully saturated rings. The quantitative estimate of drug-likeness (QED) is 0.729. The maximum Gasteiger partial charge on any atom is 0.222 e. The van der Waals surface area contributed by atoms with Crippen molar-refractivity contribution in [2.75, 3.05) is 19.6 Å². The van der Waals surface area contributed by atoms with Gasteiger partial charge in [-0.1, -0.05) is 26.7 Å². The number of likely N-dealkylation sites (tertiary alicyclic amines) is 1. The summed E-state index contributed by atoms with van der Waals surface area (Å²) < 4.78 is 0. The van der Waals surface area contributed by atoms with Crippen molar-refractivity contribution < 1.29 is 4.79 Å². The van der Waals surface area contributed by atoms with Gasteiger partial charge in [-0.25, -0.2) is 0 Å². The van der Waals surface area contributed by atoms with Gasteiger partial charge in [0, 0.05) is 25.6 Å². The monoisotopic (exact) mass is 226 g/mol. The van der Waals surface area contributed by atoms with E-state index in [0.29, 0.717) is 11.9 Å². The van der Waals surface area contributed by atoms with Crippen molar-refractivity contribution in [1.29, 1.82) is 0 Å². The summed E-state index contributed by atoms with van der Waals surface area (Å²) in [5.74, 6) is 0.365. The molecule has 1 rings (SSSR count). The molecule has 1 aliphatic rings. The van der Waals surface area contributed by atoms with Gasteiger partial charge in [-0.3, -0.25) is 4.79 Å². The molecule has 0 aliphatic carbocycles. The second-order valence-electron chi connectivity index (χ2n) is 5.01. The molecule has 0 aromatic heterocycles. The molecule has 0 bridgehead atoms. The van der Waals surface area contributed by atoms with Crippen LogP contribution in [0.4, 0.5) is 0 Å². The standard InChI is InChI=1S/C13H26N2O/c1-12(2)14-9-7-11-15-10-6-4-3-5-8-13(15)16/h12,14H,3-11H2,1-2H3. The summed E-state index contributed by atoms with van der Waals surface area (Å²) in [6.07, 6.45) is 6.62. The van der Waals surface area contributed by atoms with Crippen LogP contribution in [-0.4, -0.2) is 36.5 Å². The molecule has 1 heterocycles. The Bertz CT molecular complexity index is 204. The normalized spacial score (nSPS) is 18.7. The molecule has 0 atom stereocenters. The Morgan fingerprint density at radius 1 is 1.25 bits per heavy atom. The predicted molar refractivity (Wildman–Crippen MR) is 67.4 cm³/mol. The highest BCUT2D eigenvalue weighted by molar-refractivity contribution is 5.76. The Kier molecular flexibility index (Phi) is 6.46. The van der Waals surface area contributed by atoms with E-state index in [4.69, 9.17) is 0 Å². The fourth-order valence-electron chi connectivity index (χ4n) is 2.11. The number of rotatable bonds is 5. The fraction of sp³-hybridized carbons (Fsp3) is 0.923. The zero-order chi connectivity index (χ0) is 11.8. The highest BCUT2D eigenvalue weighted by Crippen LogP contribution is 2.11. The summed E-state index contributed by atoms with van der Waals surface area (Å²) in [6, 6.07) is 0.544. The number of nitrogens with zero attached hydrogens (tertiary/aromatic N) is 1. The summed E-state index contributed by atoms with van der Waals surface area (Å²) in [7, 11) is 0. The van der Waals surface area contributed by atoms with Crippen LogP contribution < -0.4 is 5.32 Å². The van der Waals surface area contributed by atoms with Gasteiger partial charge in [0.15, 0.2) is 0 Å². The molecule has 1 amide bonds. The van der Waals surface area contributed by atoms with E-state index in [-0.39, 0.29) is 0 Å². The SMILES string of the molecule is CC(C)NCCCN1CCCCCCC1=O. The number of hydrogen-bond acceptors (Lipinski definition) is 2. The lowest BCUT2D eigenvalue weighted by Crippen LogP contribution is -2.35. The van der Waals surface area contributed by atoms with Gasteiger partial charge < -0.3 is 10.2 Å². The van der Waals surface area contributed by atoms with Crippen molar-refractivity contribution in [3.63, 3.8) is 0 Å². The van der Waals surface area contributed by atoms with Gasteiger partial charge in [0.05, 0.1) is 0 Å². The first-order valence-corrected chi connectivity index (χ1v) is 6.71. The average Bonchev–Trinajstić information content (AvgIpc) is 2.21. The lowest BCUT2D eigenvalue weighted by molar-refractivity contribution is -0.131. The van der Waals surface area contributed by atoms with E-state index < -0.39 is 0 Å². The van der Waals surface area contributed by atoms with Gasteiger partial charge >= 0.3 is 0 Å². The van der Waals surface area contributed by atoms with Crippen LogP contribution >= 0.6 is 0 Å². The van der Waals surface area contributed by atoms with Crippen molar-refractivity contribution in [2.24, 2.45) is 0 Å². The fourth-order valence-corrected chi connectivity index (χ4v) is 2.11. The molecule has 1 aliphatic heterocycles. The molecule has 1 saturated heterocycles. The zero-order valence-corrected chi connectivity index (χ0v) is 10.8. The first kappa shape index (κ1) is 13.5. The van der Waals surface area contributed by atoms with Crippen molar-refractivity contribution in [2.45, 2.75) is 58.4 Å². The van der Waals surface area contributed by atoms with Crippen molar-refractivity contribution in [1.82, 2.24) is 10.2 Å². The van der Waals surface area contributed by atoms with E-state index in [9.17, 15) is 4.79 Å². The third-order valence-electron chi connectivity index (χ3n) is 3.08. The minimum atomic E-state index is 0.365. The van der Waals surface area contributed by atoms with Gasteiger partial charge in [-0.2, -0.15) is 0 Å². The van der Waals surface area contributed by atoms with Crippen LogP contribution in [0.5, 0.6) is 0 Å². The van der Waals surface area contributed by atoms with E-state index in [1.54, 1.807) is 0 Å². The number of nitrogens with one attached hydrogen (secondary N) is 1. The van der Waals surface area contributed by atoms with Crippen molar-refractivity contribution in [3.05, 3.63) is 0 Å². The van der Waals surface area contributed by atoms with Crippen LogP contribution in [0, 0.1) is 0 Å². The second-order valence-corrected chi connectivity index (χ2v) is 5.01. The number of carbonyl (C=O) groups excluding carboxylic acids is 1. The van der Waals surface area contributed by atoms with E-state index in [1.165, 1.54) is 19.3 Å². The lowest BCUT2D eigenvalue weighted by atomic mass is 10.1. The first-order chi connectivity index (χ1) is 7.70. The molecule has 3 heteroatoms. The number of carbonyl (C=O) groups is 1. The summed E-state index contributed by atoms with van der Waals surface area (Å²) in [6.45, 7) is 7.23. The smallest absolute Gasteiger partial charge is 0.222 e. The summed E-state index contributed by atoms with van der Waals surface area (Å²) in [5.41, 5.74) is 0. The predicted octanol–water partition coefficient (Wildman–Crippen LogP) is 2.17. The Balaban J connectivity index is 2.19. The van der Waals surface area contributed by atoms with Crippen LogP contribution in [0.25, 0.3) is 0 Å². The highest BCUT2D eigenvalue weighted by atomic mass is 16.2. The molecule has 0 radical (unpaired) electrons. The molecular weight excluding hydrogens is 200 g/mol. The minimum Gasteiger partial charge on any atom is -0.343 e.